The molecule has 1 saturated carbocycles. The summed E-state index contributed by atoms with van der Waals surface area (Å²) in [5, 5.41) is 0.552. The first kappa shape index (κ1) is 13.9. The Balaban J connectivity index is 1.62. The van der Waals surface area contributed by atoms with Gasteiger partial charge >= 0.3 is 0 Å². The molecule has 0 N–H and O–H groups in total. The summed E-state index contributed by atoms with van der Waals surface area (Å²) in [6.45, 7) is 4.98. The van der Waals surface area contributed by atoms with Gasteiger partial charge in [0.1, 0.15) is 0 Å². The van der Waals surface area contributed by atoms with Gasteiger partial charge in [-0.25, -0.2) is 0 Å². The topological polar surface area (TPSA) is 23.6 Å². The van der Waals surface area contributed by atoms with Gasteiger partial charge in [-0.05, 0) is 43.9 Å². The lowest BCUT2D eigenvalue weighted by atomic mass is 10.2. The maximum absolute atomic E-state index is 12.5. The van der Waals surface area contributed by atoms with E-state index < -0.39 is 0 Å². The Morgan fingerprint density at radius 2 is 1.95 bits per heavy atom. The molecule has 20 heavy (non-hydrogen) atoms. The molecule has 0 bridgehead atoms. The molecule has 4 heteroatoms. The number of benzene rings is 1. The summed E-state index contributed by atoms with van der Waals surface area (Å²) in [7, 11) is 0. The summed E-state index contributed by atoms with van der Waals surface area (Å²) < 4.78 is 0. The zero-order valence-electron chi connectivity index (χ0n) is 11.7. The fourth-order valence-corrected chi connectivity index (χ4v) is 3.04. The molecule has 0 unspecified atom stereocenters. The van der Waals surface area contributed by atoms with Crippen LogP contribution in [0.5, 0.6) is 0 Å². The number of carbonyl (C=O) groups is 1. The average Bonchev–Trinajstić information content (AvgIpc) is 3.27. The van der Waals surface area contributed by atoms with E-state index in [2.05, 4.69) is 4.90 Å². The first-order chi connectivity index (χ1) is 9.74. The van der Waals surface area contributed by atoms with Gasteiger partial charge in [0.2, 0.25) is 0 Å². The second kappa shape index (κ2) is 6.15. The molecule has 3 nitrogen and oxygen atoms in total. The maximum atomic E-state index is 12.5. The summed E-state index contributed by atoms with van der Waals surface area (Å²) in [5.41, 5.74) is 0.629. The van der Waals surface area contributed by atoms with Gasteiger partial charge in [-0.2, -0.15) is 0 Å². The molecule has 1 aromatic carbocycles. The lowest BCUT2D eigenvalue weighted by molar-refractivity contribution is 0.0761. The molecular formula is C16H21ClN2O. The summed E-state index contributed by atoms with van der Waals surface area (Å²) in [4.78, 5) is 17.0. The Bertz CT molecular complexity index is 487. The number of hydrogen-bond acceptors (Lipinski definition) is 2. The van der Waals surface area contributed by atoms with Crippen molar-refractivity contribution in [3.8, 4) is 0 Å². The summed E-state index contributed by atoms with van der Waals surface area (Å²) >= 11 is 6.13. The standard InChI is InChI=1S/C16H21ClN2O/c17-15-5-2-1-4-14(15)16(20)19-9-3-8-18(10-11-19)12-13-6-7-13/h1-2,4-5,13H,3,6-12H2. The largest absolute Gasteiger partial charge is 0.337 e. The van der Waals surface area contributed by atoms with Crippen LogP contribution in [0.3, 0.4) is 0 Å². The maximum Gasteiger partial charge on any atom is 0.255 e. The van der Waals surface area contributed by atoms with Crippen molar-refractivity contribution in [2.24, 2.45) is 5.92 Å². The fraction of sp³-hybridized carbons (Fsp3) is 0.562. The third-order valence-electron chi connectivity index (χ3n) is 4.19. The van der Waals surface area contributed by atoms with Gasteiger partial charge in [0.25, 0.3) is 5.91 Å². The van der Waals surface area contributed by atoms with E-state index in [1.807, 2.05) is 23.1 Å². The Hall–Kier alpha value is -1.06. The molecule has 0 aromatic heterocycles. The SMILES string of the molecule is O=C(c1ccccc1Cl)N1CCCN(CC2CC2)CC1. The van der Waals surface area contributed by atoms with Crippen LogP contribution in [0.4, 0.5) is 0 Å². The molecule has 1 aliphatic carbocycles. The van der Waals surface area contributed by atoms with Gasteiger partial charge < -0.3 is 9.80 Å². The Morgan fingerprint density at radius 3 is 2.70 bits per heavy atom. The monoisotopic (exact) mass is 292 g/mol. The minimum absolute atomic E-state index is 0.0730. The van der Waals surface area contributed by atoms with E-state index in [1.165, 1.54) is 19.4 Å². The lowest BCUT2D eigenvalue weighted by Crippen LogP contribution is -2.35. The van der Waals surface area contributed by atoms with Gasteiger partial charge in [-0.1, -0.05) is 23.7 Å². The van der Waals surface area contributed by atoms with E-state index in [0.29, 0.717) is 10.6 Å². The van der Waals surface area contributed by atoms with Crippen molar-refractivity contribution in [2.75, 3.05) is 32.7 Å². The van der Waals surface area contributed by atoms with Crippen LogP contribution in [0.1, 0.15) is 29.6 Å². The van der Waals surface area contributed by atoms with Crippen LogP contribution in [-0.4, -0.2) is 48.4 Å². The number of nitrogens with zero attached hydrogens (tertiary/aromatic N) is 2. The zero-order valence-corrected chi connectivity index (χ0v) is 12.5. The van der Waals surface area contributed by atoms with E-state index >= 15 is 0 Å². The minimum Gasteiger partial charge on any atom is -0.337 e. The normalized spacial score (nSPS) is 20.8. The van der Waals surface area contributed by atoms with Gasteiger partial charge in [0.15, 0.2) is 0 Å². The van der Waals surface area contributed by atoms with Crippen molar-refractivity contribution in [1.29, 1.82) is 0 Å². The number of halogens is 1. The van der Waals surface area contributed by atoms with Gasteiger partial charge in [0, 0.05) is 26.2 Å². The van der Waals surface area contributed by atoms with Crippen LogP contribution >= 0.6 is 11.6 Å². The van der Waals surface area contributed by atoms with Crippen molar-refractivity contribution >= 4 is 17.5 Å². The smallest absolute Gasteiger partial charge is 0.255 e. The summed E-state index contributed by atoms with van der Waals surface area (Å²) in [6, 6.07) is 7.33. The molecule has 108 valence electrons. The van der Waals surface area contributed by atoms with E-state index in [4.69, 9.17) is 11.6 Å². The highest BCUT2D eigenvalue weighted by molar-refractivity contribution is 6.33. The van der Waals surface area contributed by atoms with Crippen molar-refractivity contribution in [3.63, 3.8) is 0 Å². The number of rotatable bonds is 3. The van der Waals surface area contributed by atoms with Crippen molar-refractivity contribution in [2.45, 2.75) is 19.3 Å². The fourth-order valence-electron chi connectivity index (χ4n) is 2.83. The van der Waals surface area contributed by atoms with Crippen LogP contribution in [0.2, 0.25) is 5.02 Å². The number of carbonyl (C=O) groups excluding carboxylic acids is 1. The quantitative estimate of drug-likeness (QED) is 0.855. The summed E-state index contributed by atoms with van der Waals surface area (Å²) in [6.07, 6.45) is 3.83. The van der Waals surface area contributed by atoms with E-state index in [0.717, 1.165) is 38.5 Å². The van der Waals surface area contributed by atoms with Crippen LogP contribution in [-0.2, 0) is 0 Å². The highest BCUT2D eigenvalue weighted by atomic mass is 35.5. The predicted molar refractivity (Wildman–Crippen MR) is 81.1 cm³/mol. The van der Waals surface area contributed by atoms with E-state index in [9.17, 15) is 4.79 Å². The molecule has 1 aliphatic heterocycles. The molecule has 0 atom stereocenters. The molecule has 1 amide bonds. The van der Waals surface area contributed by atoms with Crippen LogP contribution in [0.25, 0.3) is 0 Å². The highest BCUT2D eigenvalue weighted by Crippen LogP contribution is 2.30. The van der Waals surface area contributed by atoms with Crippen molar-refractivity contribution in [3.05, 3.63) is 34.9 Å². The molecule has 0 radical (unpaired) electrons. The molecule has 1 saturated heterocycles. The molecule has 0 spiro atoms. The van der Waals surface area contributed by atoms with Gasteiger partial charge in [-0.3, -0.25) is 4.79 Å². The lowest BCUT2D eigenvalue weighted by Gasteiger charge is -2.22. The Morgan fingerprint density at radius 1 is 1.15 bits per heavy atom. The second-order valence-electron chi connectivity index (χ2n) is 5.87. The van der Waals surface area contributed by atoms with E-state index in [-0.39, 0.29) is 5.91 Å². The second-order valence-corrected chi connectivity index (χ2v) is 6.28. The van der Waals surface area contributed by atoms with E-state index in [1.54, 1.807) is 6.07 Å². The first-order valence-electron chi connectivity index (χ1n) is 7.50. The van der Waals surface area contributed by atoms with Crippen molar-refractivity contribution < 1.29 is 4.79 Å². The molecular weight excluding hydrogens is 272 g/mol. The van der Waals surface area contributed by atoms with Gasteiger partial charge in [-0.15, -0.1) is 0 Å². The van der Waals surface area contributed by atoms with Crippen LogP contribution in [0, 0.1) is 5.92 Å². The molecule has 1 heterocycles. The predicted octanol–water partition coefficient (Wildman–Crippen LogP) is 2.90. The van der Waals surface area contributed by atoms with Crippen LogP contribution < -0.4 is 0 Å². The Labute approximate surface area is 125 Å². The highest BCUT2D eigenvalue weighted by Gasteiger charge is 2.26. The molecule has 3 rings (SSSR count). The third kappa shape index (κ3) is 3.33. The third-order valence-corrected chi connectivity index (χ3v) is 4.52. The number of hydrogen-bond donors (Lipinski definition) is 0. The first-order valence-corrected chi connectivity index (χ1v) is 7.88. The van der Waals surface area contributed by atoms with Crippen LogP contribution in [0.15, 0.2) is 24.3 Å². The average molecular weight is 293 g/mol. The summed E-state index contributed by atoms with van der Waals surface area (Å²) in [5.74, 6) is 0.990. The molecule has 1 aromatic rings. The van der Waals surface area contributed by atoms with Gasteiger partial charge in [0.05, 0.1) is 10.6 Å². The van der Waals surface area contributed by atoms with Crippen molar-refractivity contribution in [1.82, 2.24) is 9.80 Å². The Kier molecular flexibility index (Phi) is 4.27. The zero-order chi connectivity index (χ0) is 13.9. The minimum atomic E-state index is 0.0730. The molecule has 2 fully saturated rings. The number of amides is 1. The molecule has 2 aliphatic rings.